The molecular weight excluding hydrogens is 430 g/mol. The van der Waals surface area contributed by atoms with Crippen molar-refractivity contribution in [1.82, 2.24) is 4.90 Å². The van der Waals surface area contributed by atoms with Gasteiger partial charge in [0, 0.05) is 16.6 Å². The molecule has 2 aliphatic heterocycles. The monoisotopic (exact) mass is 447 g/mol. The molecular formula is C21H18ClNO6S. The molecule has 2 fully saturated rings. The molecule has 1 amide bonds. The molecule has 0 aromatic heterocycles. The van der Waals surface area contributed by atoms with Gasteiger partial charge in [0.2, 0.25) is 0 Å². The molecule has 30 heavy (non-hydrogen) atoms. The van der Waals surface area contributed by atoms with Crippen LogP contribution in [0.4, 0.5) is 0 Å². The molecule has 2 N–H and O–H groups in total. The predicted octanol–water partition coefficient (Wildman–Crippen LogP) is 2.65. The maximum absolute atomic E-state index is 12.9. The van der Waals surface area contributed by atoms with E-state index < -0.39 is 33.6 Å². The van der Waals surface area contributed by atoms with E-state index in [0.717, 1.165) is 0 Å². The fourth-order valence-corrected chi connectivity index (χ4v) is 5.84. The summed E-state index contributed by atoms with van der Waals surface area (Å²) < 4.78 is 24.0. The molecule has 7 nitrogen and oxygen atoms in total. The number of carbonyl (C=O) groups is 2. The summed E-state index contributed by atoms with van der Waals surface area (Å²) in [7, 11) is -3.33. The number of amides is 1. The van der Waals surface area contributed by atoms with Crippen molar-refractivity contribution in [3.8, 4) is 5.75 Å². The van der Waals surface area contributed by atoms with Gasteiger partial charge in [-0.25, -0.2) is 8.42 Å². The highest BCUT2D eigenvalue weighted by Gasteiger charge is 2.51. The molecule has 156 valence electrons. The Morgan fingerprint density at radius 2 is 1.80 bits per heavy atom. The number of nitrogens with zero attached hydrogens (tertiary/aromatic N) is 1. The Balaban J connectivity index is 1.90. The van der Waals surface area contributed by atoms with Crippen molar-refractivity contribution in [2.24, 2.45) is 0 Å². The Labute approximate surface area is 178 Å². The number of aromatic hydroxyl groups is 1. The van der Waals surface area contributed by atoms with Crippen molar-refractivity contribution >= 4 is 38.9 Å². The molecule has 2 atom stereocenters. The molecule has 0 saturated carbocycles. The highest BCUT2D eigenvalue weighted by Crippen LogP contribution is 2.42. The summed E-state index contributed by atoms with van der Waals surface area (Å²) in [5.74, 6) is -2.58. The third-order valence-electron chi connectivity index (χ3n) is 5.39. The van der Waals surface area contributed by atoms with Crippen molar-refractivity contribution in [3.05, 3.63) is 70.3 Å². The Bertz CT molecular complexity index is 1170. The first kappa shape index (κ1) is 20.4. The largest absolute Gasteiger partial charge is 0.508 e. The predicted molar refractivity (Wildman–Crippen MR) is 111 cm³/mol. The number of aliphatic hydroxyl groups is 1. The molecule has 0 aliphatic carbocycles. The number of sulfone groups is 1. The van der Waals surface area contributed by atoms with Gasteiger partial charge in [-0.15, -0.1) is 0 Å². The van der Waals surface area contributed by atoms with Crippen LogP contribution in [-0.2, 0) is 19.4 Å². The van der Waals surface area contributed by atoms with Crippen LogP contribution in [0.1, 0.15) is 23.6 Å². The normalized spacial score (nSPS) is 25.0. The van der Waals surface area contributed by atoms with Gasteiger partial charge in [-0.05, 0) is 48.4 Å². The summed E-state index contributed by atoms with van der Waals surface area (Å²) in [5.41, 5.74) is 0.535. The first-order valence-corrected chi connectivity index (χ1v) is 11.4. The average Bonchev–Trinajstić information content (AvgIpc) is 3.18. The zero-order valence-corrected chi connectivity index (χ0v) is 17.2. The Hall–Kier alpha value is -2.84. The number of hydrogen-bond acceptors (Lipinski definition) is 6. The van der Waals surface area contributed by atoms with Gasteiger partial charge in [0.15, 0.2) is 9.84 Å². The Kier molecular flexibility index (Phi) is 5.07. The van der Waals surface area contributed by atoms with Crippen LogP contribution in [0.5, 0.6) is 5.75 Å². The molecule has 0 radical (unpaired) electrons. The zero-order chi connectivity index (χ0) is 21.6. The fraction of sp³-hybridized carbons (Fsp3) is 0.238. The SMILES string of the molecule is O=C1C(=O)N([C@H]2CCS(=O)(=O)C2)[C@@H](c2cccc(O)c2)C1=C(O)c1ccc(Cl)cc1. The van der Waals surface area contributed by atoms with Crippen molar-refractivity contribution in [1.29, 1.82) is 0 Å². The summed E-state index contributed by atoms with van der Waals surface area (Å²) in [6.45, 7) is 0. The van der Waals surface area contributed by atoms with Crippen molar-refractivity contribution in [2.75, 3.05) is 11.5 Å². The summed E-state index contributed by atoms with van der Waals surface area (Å²) in [6, 6.07) is 10.4. The number of rotatable bonds is 3. The van der Waals surface area contributed by atoms with Crippen LogP contribution >= 0.6 is 11.6 Å². The lowest BCUT2D eigenvalue weighted by atomic mass is 9.94. The van der Waals surface area contributed by atoms with Gasteiger partial charge in [-0.3, -0.25) is 9.59 Å². The van der Waals surface area contributed by atoms with Gasteiger partial charge >= 0.3 is 0 Å². The lowest BCUT2D eigenvalue weighted by Gasteiger charge is -2.30. The van der Waals surface area contributed by atoms with Crippen LogP contribution < -0.4 is 0 Å². The van der Waals surface area contributed by atoms with Crippen LogP contribution in [0.3, 0.4) is 0 Å². The van der Waals surface area contributed by atoms with Crippen LogP contribution in [0, 0.1) is 0 Å². The van der Waals surface area contributed by atoms with E-state index in [1.54, 1.807) is 24.3 Å². The fourth-order valence-electron chi connectivity index (χ4n) is 4.01. The van der Waals surface area contributed by atoms with Crippen LogP contribution in [0.15, 0.2) is 54.1 Å². The number of ketones is 1. The van der Waals surface area contributed by atoms with Gasteiger partial charge in [-0.2, -0.15) is 0 Å². The van der Waals surface area contributed by atoms with Crippen molar-refractivity contribution in [2.45, 2.75) is 18.5 Å². The molecule has 0 bridgehead atoms. The van der Waals surface area contributed by atoms with E-state index >= 15 is 0 Å². The van der Waals surface area contributed by atoms with E-state index in [4.69, 9.17) is 11.6 Å². The summed E-state index contributed by atoms with van der Waals surface area (Å²) in [4.78, 5) is 27.1. The minimum Gasteiger partial charge on any atom is -0.508 e. The third-order valence-corrected chi connectivity index (χ3v) is 7.39. The molecule has 2 aliphatic rings. The molecule has 9 heteroatoms. The van der Waals surface area contributed by atoms with E-state index in [1.807, 2.05) is 0 Å². The molecule has 2 aromatic rings. The van der Waals surface area contributed by atoms with E-state index in [2.05, 4.69) is 0 Å². The van der Waals surface area contributed by atoms with E-state index in [1.165, 1.54) is 29.2 Å². The van der Waals surface area contributed by atoms with Crippen molar-refractivity contribution < 1.29 is 28.2 Å². The minimum absolute atomic E-state index is 0.0788. The smallest absolute Gasteiger partial charge is 0.295 e. The number of halogens is 1. The molecule has 2 saturated heterocycles. The van der Waals surface area contributed by atoms with Crippen LogP contribution in [-0.4, -0.2) is 52.8 Å². The second kappa shape index (κ2) is 7.45. The van der Waals surface area contributed by atoms with Gasteiger partial charge < -0.3 is 15.1 Å². The molecule has 2 aromatic carbocycles. The Morgan fingerprint density at radius 3 is 2.40 bits per heavy atom. The maximum atomic E-state index is 12.9. The van der Waals surface area contributed by atoms with Gasteiger partial charge in [0.25, 0.3) is 11.7 Å². The average molecular weight is 448 g/mol. The summed E-state index contributed by atoms with van der Waals surface area (Å²) in [6.07, 6.45) is 0.200. The third kappa shape index (κ3) is 3.57. The number of carbonyl (C=O) groups excluding carboxylic acids is 2. The number of aliphatic hydroxyl groups excluding tert-OH is 1. The number of hydrogen-bond donors (Lipinski definition) is 2. The zero-order valence-electron chi connectivity index (χ0n) is 15.7. The molecule has 4 rings (SSSR count). The van der Waals surface area contributed by atoms with E-state index in [0.29, 0.717) is 16.1 Å². The molecule has 2 heterocycles. The highest BCUT2D eigenvalue weighted by atomic mass is 35.5. The van der Waals surface area contributed by atoms with Gasteiger partial charge in [0.1, 0.15) is 11.5 Å². The van der Waals surface area contributed by atoms with Crippen LogP contribution in [0.2, 0.25) is 5.02 Å². The molecule has 0 spiro atoms. The topological polar surface area (TPSA) is 112 Å². The quantitative estimate of drug-likeness (QED) is 0.425. The second-order valence-corrected chi connectivity index (χ2v) is 10.0. The maximum Gasteiger partial charge on any atom is 0.295 e. The number of Topliss-reactive ketones (excluding diaryl/α,β-unsaturated/α-hetero) is 1. The summed E-state index contributed by atoms with van der Waals surface area (Å²) in [5, 5.41) is 21.3. The van der Waals surface area contributed by atoms with Gasteiger partial charge in [0.05, 0.1) is 23.1 Å². The second-order valence-electron chi connectivity index (χ2n) is 7.37. The van der Waals surface area contributed by atoms with Crippen molar-refractivity contribution in [3.63, 3.8) is 0 Å². The van der Waals surface area contributed by atoms with E-state index in [-0.39, 0.29) is 35.0 Å². The standard InChI is InChI=1S/C21H18ClNO6S/c22-14-6-4-12(5-7-14)19(25)17-18(13-2-1-3-16(24)10-13)23(21(27)20(17)26)15-8-9-30(28,29)11-15/h1-7,10,15,18,24-25H,8-9,11H2/t15-,18-/m0/s1. The number of benzene rings is 2. The highest BCUT2D eigenvalue weighted by molar-refractivity contribution is 7.91. The lowest BCUT2D eigenvalue weighted by molar-refractivity contribution is -0.141. The lowest BCUT2D eigenvalue weighted by Crippen LogP contribution is -2.40. The number of likely N-dealkylation sites (tertiary alicyclic amines) is 1. The number of phenols is 1. The Morgan fingerprint density at radius 1 is 1.10 bits per heavy atom. The number of phenolic OH excluding ortho intramolecular Hbond substituents is 1. The molecule has 0 unspecified atom stereocenters. The van der Waals surface area contributed by atoms with Gasteiger partial charge in [-0.1, -0.05) is 23.7 Å². The first-order valence-electron chi connectivity index (χ1n) is 9.23. The summed E-state index contributed by atoms with van der Waals surface area (Å²) >= 11 is 5.89. The minimum atomic E-state index is -3.33. The van der Waals surface area contributed by atoms with E-state index in [9.17, 15) is 28.2 Å². The van der Waals surface area contributed by atoms with Crippen LogP contribution in [0.25, 0.3) is 5.76 Å². The first-order chi connectivity index (χ1) is 14.2.